The van der Waals surface area contributed by atoms with Crippen LogP contribution in [0, 0.1) is 13.8 Å². The first-order chi connectivity index (χ1) is 12.7. The van der Waals surface area contributed by atoms with Crippen LogP contribution in [0.2, 0.25) is 0 Å². The smallest absolute Gasteiger partial charge is 0.272 e. The van der Waals surface area contributed by atoms with Gasteiger partial charge in [-0.1, -0.05) is 49.8 Å². The van der Waals surface area contributed by atoms with E-state index in [4.69, 9.17) is 0 Å². The Labute approximate surface area is 156 Å². The number of nitrogens with one attached hydrogen (secondary N) is 2. The van der Waals surface area contributed by atoms with Crippen molar-refractivity contribution in [3.8, 4) is 0 Å². The molecule has 0 aliphatic heterocycles. The lowest BCUT2D eigenvalue weighted by Crippen LogP contribution is -2.46. The molecule has 0 aliphatic rings. The summed E-state index contributed by atoms with van der Waals surface area (Å²) in [5.41, 5.74) is 4.52. The van der Waals surface area contributed by atoms with Gasteiger partial charge in [0.05, 0.1) is 17.4 Å². The zero-order valence-corrected chi connectivity index (χ0v) is 16.1. The molecule has 0 fully saturated rings. The largest absolute Gasteiger partial charge is 0.329 e. The summed E-state index contributed by atoms with van der Waals surface area (Å²) in [6.07, 6.45) is 3.40. The van der Waals surface area contributed by atoms with E-state index in [9.17, 15) is 9.59 Å². The number of H-pyrrole nitrogens is 2. The molecule has 0 spiro atoms. The Bertz CT molecular complexity index is 1190. The van der Waals surface area contributed by atoms with Crippen LogP contribution >= 0.6 is 0 Å². The Morgan fingerprint density at radius 2 is 1.78 bits per heavy atom. The van der Waals surface area contributed by atoms with Crippen molar-refractivity contribution in [2.75, 3.05) is 0 Å². The number of benzene rings is 1. The Hall–Kier alpha value is -3.15. The predicted octanol–water partition coefficient (Wildman–Crippen LogP) is 1.29. The van der Waals surface area contributed by atoms with Crippen LogP contribution in [0.1, 0.15) is 47.8 Å². The van der Waals surface area contributed by atoms with Gasteiger partial charge in [0.15, 0.2) is 0 Å². The van der Waals surface area contributed by atoms with Crippen molar-refractivity contribution in [1.29, 1.82) is 0 Å². The van der Waals surface area contributed by atoms with Crippen LogP contribution in [0.4, 0.5) is 0 Å². The molecular weight excluding hydrogens is 340 g/mol. The standard InChI is InChI=1S/C21H24N4O2/c1-12(2)19-17(9-18-21(27)23-15(5)20(26)24-18)22-11-25(19)10-16-7-13(3)6-14(4)8-16/h6-9,11-12H,5,10H2,1-4H3,(H,23,27)(H,24,26). The van der Waals surface area contributed by atoms with Gasteiger partial charge in [0.2, 0.25) is 0 Å². The van der Waals surface area contributed by atoms with E-state index in [1.807, 2.05) is 0 Å². The van der Waals surface area contributed by atoms with Crippen molar-refractivity contribution in [2.45, 2.75) is 40.2 Å². The third-order valence-electron chi connectivity index (χ3n) is 4.40. The number of nitrogens with zero attached hydrogens (tertiary/aromatic N) is 2. The van der Waals surface area contributed by atoms with E-state index in [0.717, 1.165) is 5.69 Å². The van der Waals surface area contributed by atoms with Gasteiger partial charge in [0.25, 0.3) is 11.1 Å². The molecule has 2 N–H and O–H groups in total. The minimum Gasteiger partial charge on any atom is -0.329 e. The SMILES string of the molecule is C=c1[nH]c(=O)c(=Cc2ncn(Cc3cc(C)cc(C)c3)c2C(C)C)[nH]c1=O. The number of hydrogen-bond donors (Lipinski definition) is 2. The summed E-state index contributed by atoms with van der Waals surface area (Å²) in [6, 6.07) is 6.47. The molecule has 2 heterocycles. The van der Waals surface area contributed by atoms with Crippen molar-refractivity contribution in [3.63, 3.8) is 0 Å². The third kappa shape index (κ3) is 4.00. The van der Waals surface area contributed by atoms with Crippen molar-refractivity contribution in [3.05, 3.63) is 84.0 Å². The minimum atomic E-state index is -0.415. The molecule has 0 radical (unpaired) electrons. The van der Waals surface area contributed by atoms with Gasteiger partial charge in [-0.2, -0.15) is 0 Å². The molecule has 0 amide bonds. The monoisotopic (exact) mass is 364 g/mol. The maximum absolute atomic E-state index is 12.1. The lowest BCUT2D eigenvalue weighted by Gasteiger charge is -2.13. The molecule has 2 aromatic heterocycles. The lowest BCUT2D eigenvalue weighted by molar-refractivity contribution is 0.690. The highest BCUT2D eigenvalue weighted by atomic mass is 16.1. The van der Waals surface area contributed by atoms with Crippen LogP contribution in [-0.4, -0.2) is 19.5 Å². The van der Waals surface area contributed by atoms with E-state index in [1.165, 1.54) is 16.7 Å². The minimum absolute atomic E-state index is 0.0431. The number of aromatic amines is 2. The first-order valence-electron chi connectivity index (χ1n) is 8.90. The van der Waals surface area contributed by atoms with Crippen molar-refractivity contribution < 1.29 is 0 Å². The van der Waals surface area contributed by atoms with Gasteiger partial charge in [-0.3, -0.25) is 9.59 Å². The summed E-state index contributed by atoms with van der Waals surface area (Å²) < 4.78 is 2.09. The molecule has 1 aromatic carbocycles. The van der Waals surface area contributed by atoms with Crippen molar-refractivity contribution in [2.24, 2.45) is 0 Å². The fourth-order valence-corrected chi connectivity index (χ4v) is 3.38. The highest BCUT2D eigenvalue weighted by molar-refractivity contribution is 5.47. The van der Waals surface area contributed by atoms with Crippen LogP contribution in [0.15, 0.2) is 34.1 Å². The summed E-state index contributed by atoms with van der Waals surface area (Å²) in [5.74, 6) is 0.197. The van der Waals surface area contributed by atoms with E-state index >= 15 is 0 Å². The quantitative estimate of drug-likeness (QED) is 0.732. The van der Waals surface area contributed by atoms with Crippen LogP contribution in [-0.2, 0) is 6.54 Å². The molecular formula is C21H24N4O2. The first-order valence-corrected chi connectivity index (χ1v) is 8.90. The summed E-state index contributed by atoms with van der Waals surface area (Å²) in [7, 11) is 0. The van der Waals surface area contributed by atoms with Gasteiger partial charge >= 0.3 is 0 Å². The molecule has 0 bridgehead atoms. The summed E-state index contributed by atoms with van der Waals surface area (Å²) in [5, 5.41) is 0.215. The Morgan fingerprint density at radius 3 is 2.41 bits per heavy atom. The predicted molar refractivity (Wildman–Crippen MR) is 107 cm³/mol. The number of imidazole rings is 1. The van der Waals surface area contributed by atoms with E-state index < -0.39 is 11.1 Å². The number of hydrogen-bond acceptors (Lipinski definition) is 3. The second-order valence-electron chi connectivity index (χ2n) is 7.24. The number of rotatable bonds is 4. The molecule has 6 nitrogen and oxygen atoms in total. The normalized spacial score (nSPS) is 12.1. The highest BCUT2D eigenvalue weighted by Crippen LogP contribution is 2.21. The molecule has 27 heavy (non-hydrogen) atoms. The van der Waals surface area contributed by atoms with Crippen LogP contribution < -0.4 is 21.8 Å². The topological polar surface area (TPSA) is 83.5 Å². The zero-order chi connectivity index (χ0) is 19.7. The summed E-state index contributed by atoms with van der Waals surface area (Å²) >= 11 is 0. The maximum atomic E-state index is 12.1. The fourth-order valence-electron chi connectivity index (χ4n) is 3.38. The Morgan fingerprint density at radius 1 is 1.11 bits per heavy atom. The second kappa shape index (κ2) is 7.23. The van der Waals surface area contributed by atoms with Gasteiger partial charge in [0.1, 0.15) is 5.35 Å². The second-order valence-corrected chi connectivity index (χ2v) is 7.24. The fraction of sp³-hybridized carbons (Fsp3) is 0.286. The first kappa shape index (κ1) is 18.6. The van der Waals surface area contributed by atoms with Crippen molar-refractivity contribution in [1.82, 2.24) is 19.5 Å². The van der Waals surface area contributed by atoms with Crippen LogP contribution in [0.25, 0.3) is 12.7 Å². The molecule has 0 unspecified atom stereocenters. The molecule has 0 aliphatic carbocycles. The average molecular weight is 364 g/mol. The Kier molecular flexibility index (Phi) is 4.99. The third-order valence-corrected chi connectivity index (χ3v) is 4.40. The zero-order valence-electron chi connectivity index (χ0n) is 16.1. The van der Waals surface area contributed by atoms with Gasteiger partial charge < -0.3 is 14.5 Å². The van der Waals surface area contributed by atoms with Crippen molar-refractivity contribution >= 4 is 12.7 Å². The number of aromatic nitrogens is 4. The van der Waals surface area contributed by atoms with Crippen LogP contribution in [0.3, 0.4) is 0 Å². The average Bonchev–Trinajstić information content (AvgIpc) is 2.94. The van der Waals surface area contributed by atoms with Gasteiger partial charge in [-0.25, -0.2) is 4.98 Å². The molecule has 0 saturated heterocycles. The molecule has 3 aromatic rings. The van der Waals surface area contributed by atoms with Crippen LogP contribution in [0.5, 0.6) is 0 Å². The van der Waals surface area contributed by atoms with E-state index in [1.54, 1.807) is 12.4 Å². The van der Waals surface area contributed by atoms with E-state index in [0.29, 0.717) is 12.2 Å². The van der Waals surface area contributed by atoms with E-state index in [-0.39, 0.29) is 16.6 Å². The van der Waals surface area contributed by atoms with Gasteiger partial charge in [-0.05, 0) is 31.4 Å². The summed E-state index contributed by atoms with van der Waals surface area (Å²) in [4.78, 5) is 33.4. The Balaban J connectivity index is 2.10. The molecule has 3 rings (SSSR count). The van der Waals surface area contributed by atoms with Gasteiger partial charge in [-0.15, -0.1) is 0 Å². The molecule has 140 valence electrons. The molecule has 0 saturated carbocycles. The van der Waals surface area contributed by atoms with Gasteiger partial charge in [0, 0.05) is 12.2 Å². The summed E-state index contributed by atoms with van der Waals surface area (Å²) in [6.45, 7) is 12.5. The molecule has 0 atom stereocenters. The maximum Gasteiger partial charge on any atom is 0.272 e. The molecule has 6 heteroatoms. The lowest BCUT2D eigenvalue weighted by atomic mass is 10.1. The van der Waals surface area contributed by atoms with E-state index in [2.05, 4.69) is 72.0 Å². The highest BCUT2D eigenvalue weighted by Gasteiger charge is 2.14. The number of aryl methyl sites for hydroxylation is 2.